The van der Waals surface area contributed by atoms with Crippen LogP contribution in [0.5, 0.6) is 0 Å². The summed E-state index contributed by atoms with van der Waals surface area (Å²) in [5.41, 5.74) is 2.62. The zero-order chi connectivity index (χ0) is 23.1. The largest absolute Gasteiger partial charge is 0.418 e. The maximum Gasteiger partial charge on any atom is 0.418 e. The minimum Gasteiger partial charge on any atom is -0.256 e. The fourth-order valence-electron chi connectivity index (χ4n) is 3.79. The number of pyridine rings is 1. The van der Waals surface area contributed by atoms with Gasteiger partial charge in [-0.25, -0.2) is 8.42 Å². The number of fused-ring (bicyclic) bond motifs is 1. The van der Waals surface area contributed by atoms with Crippen LogP contribution in [0.25, 0.3) is 33.2 Å². The Morgan fingerprint density at radius 2 is 1.56 bits per heavy atom. The quantitative estimate of drug-likeness (QED) is 0.344. The number of para-hydroxylation sites is 1. The van der Waals surface area contributed by atoms with Crippen LogP contribution in [0.3, 0.4) is 0 Å². The van der Waals surface area contributed by atoms with Gasteiger partial charge in [-0.05, 0) is 59.0 Å². The summed E-state index contributed by atoms with van der Waals surface area (Å²) in [6.07, 6.45) is -3.13. The first-order valence-electron chi connectivity index (χ1n) is 10.0. The zero-order valence-corrected chi connectivity index (χ0v) is 18.3. The second-order valence-corrected chi connectivity index (χ2v) is 9.77. The highest BCUT2D eigenvalue weighted by molar-refractivity contribution is 7.91. The molecular formula is C25H20F3NO2S. The number of hydrogen-bond donors (Lipinski definition) is 0. The summed E-state index contributed by atoms with van der Waals surface area (Å²) >= 11 is 0. The van der Waals surface area contributed by atoms with E-state index in [4.69, 9.17) is 0 Å². The van der Waals surface area contributed by atoms with Crippen LogP contribution in [-0.2, 0) is 16.0 Å². The molecule has 0 bridgehead atoms. The molecule has 0 fully saturated rings. The third-order valence-corrected chi connectivity index (χ3v) is 7.36. The van der Waals surface area contributed by atoms with E-state index in [2.05, 4.69) is 4.98 Å². The van der Waals surface area contributed by atoms with Gasteiger partial charge in [0.1, 0.15) is 0 Å². The van der Waals surface area contributed by atoms with Crippen molar-refractivity contribution in [3.05, 3.63) is 84.1 Å². The summed E-state index contributed by atoms with van der Waals surface area (Å²) in [4.78, 5) is 4.27. The summed E-state index contributed by atoms with van der Waals surface area (Å²) in [5, 5.41) is 0.401. The average molecular weight is 456 g/mol. The van der Waals surface area contributed by atoms with Crippen LogP contribution >= 0.6 is 0 Å². The molecule has 1 heterocycles. The minimum absolute atomic E-state index is 0.00186. The molecule has 0 aliphatic rings. The topological polar surface area (TPSA) is 47.0 Å². The Labute approximate surface area is 184 Å². The van der Waals surface area contributed by atoms with Crippen LogP contribution < -0.4 is 0 Å². The molecule has 0 aliphatic carbocycles. The third kappa shape index (κ3) is 4.00. The van der Waals surface area contributed by atoms with Gasteiger partial charge in [-0.15, -0.1) is 0 Å². The molecule has 0 atom stereocenters. The van der Waals surface area contributed by atoms with Gasteiger partial charge in [0.2, 0.25) is 0 Å². The summed E-state index contributed by atoms with van der Waals surface area (Å²) in [7, 11) is -3.38. The zero-order valence-electron chi connectivity index (χ0n) is 17.4. The molecular weight excluding hydrogens is 435 g/mol. The van der Waals surface area contributed by atoms with Gasteiger partial charge in [0.15, 0.2) is 9.84 Å². The van der Waals surface area contributed by atoms with E-state index in [9.17, 15) is 21.6 Å². The molecule has 0 spiro atoms. The van der Waals surface area contributed by atoms with Crippen LogP contribution in [0.15, 0.2) is 77.8 Å². The van der Waals surface area contributed by atoms with Gasteiger partial charge in [-0.2, -0.15) is 13.2 Å². The average Bonchev–Trinajstić information content (AvgIpc) is 2.78. The number of aromatic nitrogens is 1. The summed E-state index contributed by atoms with van der Waals surface area (Å²) in [6.45, 7) is 3.36. The van der Waals surface area contributed by atoms with Crippen LogP contribution in [0, 0.1) is 6.92 Å². The molecule has 32 heavy (non-hydrogen) atoms. The second-order valence-electron chi connectivity index (χ2n) is 7.52. The van der Waals surface area contributed by atoms with E-state index in [1.54, 1.807) is 44.2 Å². The van der Waals surface area contributed by atoms with E-state index in [1.165, 1.54) is 12.3 Å². The monoisotopic (exact) mass is 455 g/mol. The minimum atomic E-state index is -4.50. The molecule has 0 saturated heterocycles. The summed E-state index contributed by atoms with van der Waals surface area (Å²) in [6, 6.07) is 18.3. The van der Waals surface area contributed by atoms with Crippen molar-refractivity contribution in [2.24, 2.45) is 0 Å². The third-order valence-electron chi connectivity index (χ3n) is 5.49. The number of alkyl halides is 3. The Morgan fingerprint density at radius 3 is 2.28 bits per heavy atom. The van der Waals surface area contributed by atoms with E-state index in [-0.39, 0.29) is 16.2 Å². The van der Waals surface area contributed by atoms with E-state index in [1.807, 2.05) is 24.3 Å². The predicted molar refractivity (Wildman–Crippen MR) is 120 cm³/mol. The molecule has 3 aromatic carbocycles. The van der Waals surface area contributed by atoms with Crippen molar-refractivity contribution >= 4 is 20.7 Å². The molecule has 1 aromatic heterocycles. The molecule has 7 heteroatoms. The number of sulfone groups is 1. The molecule has 0 radical (unpaired) electrons. The lowest BCUT2D eigenvalue weighted by atomic mass is 9.95. The van der Waals surface area contributed by atoms with Crippen molar-refractivity contribution < 1.29 is 21.6 Å². The molecule has 4 rings (SSSR count). The van der Waals surface area contributed by atoms with Gasteiger partial charge in [0.25, 0.3) is 0 Å². The van der Waals surface area contributed by atoms with Gasteiger partial charge >= 0.3 is 6.18 Å². The smallest absolute Gasteiger partial charge is 0.256 e. The number of benzene rings is 3. The normalized spacial score (nSPS) is 12.3. The van der Waals surface area contributed by atoms with E-state index < -0.39 is 21.6 Å². The number of nitrogens with zero attached hydrogens (tertiary/aromatic N) is 1. The molecule has 0 N–H and O–H groups in total. The highest BCUT2D eigenvalue weighted by atomic mass is 32.2. The van der Waals surface area contributed by atoms with E-state index in [0.717, 1.165) is 22.8 Å². The Balaban J connectivity index is 1.87. The Morgan fingerprint density at radius 1 is 0.875 bits per heavy atom. The van der Waals surface area contributed by atoms with Crippen molar-refractivity contribution in [2.45, 2.75) is 24.9 Å². The van der Waals surface area contributed by atoms with Gasteiger partial charge in [-0.3, -0.25) is 4.98 Å². The predicted octanol–water partition coefficient (Wildman–Crippen LogP) is 6.69. The Bertz CT molecular complexity index is 1430. The fraction of sp³-hybridized carbons (Fsp3) is 0.160. The lowest BCUT2D eigenvalue weighted by Gasteiger charge is -2.13. The van der Waals surface area contributed by atoms with E-state index >= 15 is 0 Å². The number of halogens is 3. The van der Waals surface area contributed by atoms with Gasteiger partial charge in [-0.1, -0.05) is 49.4 Å². The first-order valence-corrected chi connectivity index (χ1v) is 11.7. The molecule has 0 amide bonds. The summed E-state index contributed by atoms with van der Waals surface area (Å²) in [5.74, 6) is 0.00186. The summed E-state index contributed by atoms with van der Waals surface area (Å²) < 4.78 is 65.2. The molecule has 3 nitrogen and oxygen atoms in total. The molecule has 0 unspecified atom stereocenters. The van der Waals surface area contributed by atoms with Crippen molar-refractivity contribution in [3.63, 3.8) is 0 Å². The first kappa shape index (κ1) is 22.0. The molecule has 164 valence electrons. The van der Waals surface area contributed by atoms with Gasteiger partial charge in [0.05, 0.1) is 21.7 Å². The highest BCUT2D eigenvalue weighted by Crippen LogP contribution is 2.37. The molecule has 0 saturated carbocycles. The molecule has 4 aromatic rings. The lowest BCUT2D eigenvalue weighted by molar-refractivity contribution is -0.136. The second kappa shape index (κ2) is 8.06. The van der Waals surface area contributed by atoms with Gasteiger partial charge < -0.3 is 0 Å². The number of rotatable bonds is 4. The Hall–Kier alpha value is -3.19. The van der Waals surface area contributed by atoms with Crippen molar-refractivity contribution in [1.82, 2.24) is 4.98 Å². The first-order chi connectivity index (χ1) is 15.1. The van der Waals surface area contributed by atoms with Crippen LogP contribution in [-0.4, -0.2) is 19.2 Å². The lowest BCUT2D eigenvalue weighted by Crippen LogP contribution is -2.06. The van der Waals surface area contributed by atoms with Gasteiger partial charge in [0, 0.05) is 11.6 Å². The van der Waals surface area contributed by atoms with Crippen molar-refractivity contribution in [1.29, 1.82) is 0 Å². The highest BCUT2D eigenvalue weighted by Gasteiger charge is 2.33. The standard InChI is InChI=1S/C25H20F3NO2S/c1-3-32(30,31)23-15-18(11-10-16(23)2)17-6-4-7-19(14-17)20-12-13-29-24-21(20)8-5-9-22(24)25(26,27)28/h4-15H,3H2,1-2H3. The van der Waals surface area contributed by atoms with Crippen molar-refractivity contribution in [2.75, 3.05) is 5.75 Å². The SMILES string of the molecule is CCS(=O)(=O)c1cc(-c2cccc(-c3ccnc4c(C(F)(F)F)cccc34)c2)ccc1C. The maximum atomic E-state index is 13.4. The van der Waals surface area contributed by atoms with Crippen LogP contribution in [0.4, 0.5) is 13.2 Å². The maximum absolute atomic E-state index is 13.4. The van der Waals surface area contributed by atoms with Crippen LogP contribution in [0.1, 0.15) is 18.1 Å². The van der Waals surface area contributed by atoms with Crippen LogP contribution in [0.2, 0.25) is 0 Å². The van der Waals surface area contributed by atoms with E-state index in [0.29, 0.717) is 16.5 Å². The van der Waals surface area contributed by atoms with Crippen molar-refractivity contribution in [3.8, 4) is 22.3 Å². The molecule has 0 aliphatic heterocycles. The fourth-order valence-corrected chi connectivity index (χ4v) is 4.97. The number of aryl methyl sites for hydroxylation is 1. The number of hydrogen-bond acceptors (Lipinski definition) is 3. The Kier molecular flexibility index (Phi) is 5.54.